The minimum Gasteiger partial charge on any atom is -0.312 e. The molecule has 0 aliphatic carbocycles. The number of hydrogen-bond acceptors (Lipinski definition) is 1. The molecule has 18 heavy (non-hydrogen) atoms. The van der Waals surface area contributed by atoms with Gasteiger partial charge < -0.3 is 4.90 Å². The molecule has 0 aliphatic rings. The van der Waals surface area contributed by atoms with Crippen LogP contribution in [0.3, 0.4) is 0 Å². The van der Waals surface area contributed by atoms with Gasteiger partial charge in [0.1, 0.15) is 0 Å². The van der Waals surface area contributed by atoms with Crippen molar-refractivity contribution in [1.82, 2.24) is 0 Å². The van der Waals surface area contributed by atoms with E-state index in [0.29, 0.717) is 6.42 Å². The van der Waals surface area contributed by atoms with Gasteiger partial charge in [0.2, 0.25) is 5.91 Å². The highest BCUT2D eigenvalue weighted by molar-refractivity contribution is 5.93. The molecule has 1 amide bonds. The third-order valence-electron chi connectivity index (χ3n) is 3.02. The first-order valence-electron chi connectivity index (χ1n) is 6.97. The average Bonchev–Trinajstić information content (AvgIpc) is 2.28. The third-order valence-corrected chi connectivity index (χ3v) is 3.02. The lowest BCUT2D eigenvalue weighted by molar-refractivity contribution is -0.118. The summed E-state index contributed by atoms with van der Waals surface area (Å²) in [5.74, 6) is 0.246. The summed E-state index contributed by atoms with van der Waals surface area (Å²) in [6, 6.07) is 6.36. The second-order valence-electron chi connectivity index (χ2n) is 4.99. The van der Waals surface area contributed by atoms with E-state index < -0.39 is 0 Å². The maximum absolute atomic E-state index is 12.2. The molecule has 0 unspecified atom stereocenters. The maximum atomic E-state index is 12.2. The van der Waals surface area contributed by atoms with E-state index >= 15 is 0 Å². The van der Waals surface area contributed by atoms with Crippen LogP contribution in [0.1, 0.15) is 50.7 Å². The zero-order chi connectivity index (χ0) is 13.5. The normalized spacial score (nSPS) is 10.4. The number of amides is 1. The summed E-state index contributed by atoms with van der Waals surface area (Å²) in [6.45, 7) is 9.21. The van der Waals surface area contributed by atoms with E-state index in [1.807, 2.05) is 4.90 Å². The topological polar surface area (TPSA) is 20.3 Å². The fourth-order valence-corrected chi connectivity index (χ4v) is 2.17. The standard InChI is InChI=1S/C16H25NO/c1-5-7-9-17(16(18)8-6-2)15-11-13(3)10-14(4)12-15/h10-12H,5-9H2,1-4H3. The quantitative estimate of drug-likeness (QED) is 0.736. The number of unbranched alkanes of at least 4 members (excludes halogenated alkanes) is 1. The Balaban J connectivity index is 2.96. The second kappa shape index (κ2) is 7.20. The molecule has 0 radical (unpaired) electrons. The number of carbonyl (C=O) groups excluding carboxylic acids is 1. The number of carbonyl (C=O) groups is 1. The molecular weight excluding hydrogens is 222 g/mol. The molecule has 100 valence electrons. The van der Waals surface area contributed by atoms with Crippen molar-refractivity contribution in [3.8, 4) is 0 Å². The van der Waals surface area contributed by atoms with Gasteiger partial charge in [-0.1, -0.05) is 26.3 Å². The van der Waals surface area contributed by atoms with Crippen LogP contribution in [0.15, 0.2) is 18.2 Å². The van der Waals surface area contributed by atoms with Crippen LogP contribution >= 0.6 is 0 Å². The predicted octanol–water partition coefficient (Wildman–Crippen LogP) is 4.24. The molecule has 1 aromatic carbocycles. The Kier molecular flexibility index (Phi) is 5.90. The molecule has 2 nitrogen and oxygen atoms in total. The van der Waals surface area contributed by atoms with Crippen molar-refractivity contribution in [2.24, 2.45) is 0 Å². The number of hydrogen-bond donors (Lipinski definition) is 0. The molecule has 1 rings (SSSR count). The molecule has 1 aromatic rings. The number of rotatable bonds is 6. The molecule has 0 heterocycles. The first-order chi connectivity index (χ1) is 8.58. The summed E-state index contributed by atoms with van der Waals surface area (Å²) in [7, 11) is 0. The second-order valence-corrected chi connectivity index (χ2v) is 4.99. The van der Waals surface area contributed by atoms with Gasteiger partial charge in [0, 0.05) is 18.7 Å². The molecule has 0 saturated heterocycles. The van der Waals surface area contributed by atoms with Crippen LogP contribution < -0.4 is 4.90 Å². The van der Waals surface area contributed by atoms with Crippen molar-refractivity contribution >= 4 is 11.6 Å². The molecular formula is C16H25NO. The zero-order valence-corrected chi connectivity index (χ0v) is 12.1. The van der Waals surface area contributed by atoms with Crippen molar-refractivity contribution in [2.45, 2.75) is 53.4 Å². The van der Waals surface area contributed by atoms with Gasteiger partial charge in [-0.25, -0.2) is 0 Å². The Morgan fingerprint density at radius 2 is 1.67 bits per heavy atom. The molecule has 0 bridgehead atoms. The minimum absolute atomic E-state index is 0.246. The number of anilines is 1. The fourth-order valence-electron chi connectivity index (χ4n) is 2.17. The van der Waals surface area contributed by atoms with E-state index in [4.69, 9.17) is 0 Å². The van der Waals surface area contributed by atoms with E-state index in [9.17, 15) is 4.79 Å². The van der Waals surface area contributed by atoms with Gasteiger partial charge in [-0.15, -0.1) is 0 Å². The lowest BCUT2D eigenvalue weighted by Crippen LogP contribution is -2.31. The van der Waals surface area contributed by atoms with E-state index in [2.05, 4.69) is 45.9 Å². The number of aryl methyl sites for hydroxylation is 2. The van der Waals surface area contributed by atoms with Crippen LogP contribution in [-0.4, -0.2) is 12.5 Å². The largest absolute Gasteiger partial charge is 0.312 e. The molecule has 0 saturated carbocycles. The van der Waals surface area contributed by atoms with Crippen LogP contribution in [0, 0.1) is 13.8 Å². The van der Waals surface area contributed by atoms with Gasteiger partial charge in [0.05, 0.1) is 0 Å². The summed E-state index contributed by atoms with van der Waals surface area (Å²) in [5.41, 5.74) is 3.49. The lowest BCUT2D eigenvalue weighted by atomic mass is 10.1. The maximum Gasteiger partial charge on any atom is 0.226 e. The summed E-state index contributed by atoms with van der Waals surface area (Å²) < 4.78 is 0. The Morgan fingerprint density at radius 3 is 2.17 bits per heavy atom. The summed E-state index contributed by atoms with van der Waals surface area (Å²) >= 11 is 0. The zero-order valence-electron chi connectivity index (χ0n) is 12.1. The Bertz CT molecular complexity index is 378. The highest BCUT2D eigenvalue weighted by Crippen LogP contribution is 2.20. The van der Waals surface area contributed by atoms with Crippen molar-refractivity contribution in [2.75, 3.05) is 11.4 Å². The van der Waals surface area contributed by atoms with Gasteiger partial charge >= 0.3 is 0 Å². The first kappa shape index (κ1) is 14.7. The van der Waals surface area contributed by atoms with E-state index in [-0.39, 0.29) is 5.91 Å². The van der Waals surface area contributed by atoms with Gasteiger partial charge in [-0.2, -0.15) is 0 Å². The third kappa shape index (κ3) is 4.17. The molecule has 0 spiro atoms. The van der Waals surface area contributed by atoms with Gasteiger partial charge in [-0.3, -0.25) is 4.79 Å². The minimum atomic E-state index is 0.246. The van der Waals surface area contributed by atoms with Crippen molar-refractivity contribution in [1.29, 1.82) is 0 Å². The number of nitrogens with zero attached hydrogens (tertiary/aromatic N) is 1. The average molecular weight is 247 g/mol. The van der Waals surface area contributed by atoms with Crippen molar-refractivity contribution < 1.29 is 4.79 Å². The molecule has 0 N–H and O–H groups in total. The predicted molar refractivity (Wildman–Crippen MR) is 78.1 cm³/mol. The van der Waals surface area contributed by atoms with Crippen LogP contribution in [0.2, 0.25) is 0 Å². The molecule has 0 fully saturated rings. The molecule has 0 aromatic heterocycles. The summed E-state index contributed by atoms with van der Waals surface area (Å²) in [5, 5.41) is 0. The van der Waals surface area contributed by atoms with Gasteiger partial charge in [0.15, 0.2) is 0 Å². The Morgan fingerprint density at radius 1 is 1.06 bits per heavy atom. The Hall–Kier alpha value is -1.31. The fraction of sp³-hybridized carbons (Fsp3) is 0.562. The van der Waals surface area contributed by atoms with Crippen molar-refractivity contribution in [3.63, 3.8) is 0 Å². The Labute approximate surface area is 111 Å². The van der Waals surface area contributed by atoms with Gasteiger partial charge in [0.25, 0.3) is 0 Å². The van der Waals surface area contributed by atoms with Crippen LogP contribution in [0.5, 0.6) is 0 Å². The SMILES string of the molecule is CCCCN(C(=O)CCC)c1cc(C)cc(C)c1. The first-order valence-corrected chi connectivity index (χ1v) is 6.97. The number of benzene rings is 1. The molecule has 2 heteroatoms. The van der Waals surface area contributed by atoms with E-state index in [0.717, 1.165) is 31.5 Å². The monoisotopic (exact) mass is 247 g/mol. The summed E-state index contributed by atoms with van der Waals surface area (Å²) in [6.07, 6.45) is 3.71. The van der Waals surface area contributed by atoms with Crippen LogP contribution in [0.4, 0.5) is 5.69 Å². The van der Waals surface area contributed by atoms with Crippen LogP contribution in [-0.2, 0) is 4.79 Å². The molecule has 0 atom stereocenters. The van der Waals surface area contributed by atoms with Crippen molar-refractivity contribution in [3.05, 3.63) is 29.3 Å². The smallest absolute Gasteiger partial charge is 0.226 e. The summed E-state index contributed by atoms with van der Waals surface area (Å²) in [4.78, 5) is 14.1. The highest BCUT2D eigenvalue weighted by atomic mass is 16.2. The highest BCUT2D eigenvalue weighted by Gasteiger charge is 2.14. The van der Waals surface area contributed by atoms with E-state index in [1.54, 1.807) is 0 Å². The van der Waals surface area contributed by atoms with Crippen LogP contribution in [0.25, 0.3) is 0 Å². The van der Waals surface area contributed by atoms with Gasteiger partial charge in [-0.05, 0) is 49.9 Å². The lowest BCUT2D eigenvalue weighted by Gasteiger charge is -2.23. The van der Waals surface area contributed by atoms with E-state index in [1.165, 1.54) is 11.1 Å². The molecule has 0 aliphatic heterocycles.